The van der Waals surface area contributed by atoms with Crippen molar-refractivity contribution >= 4 is 80.2 Å². The molecule has 0 saturated carbocycles. The van der Waals surface area contributed by atoms with E-state index < -0.39 is 0 Å². The van der Waals surface area contributed by atoms with Gasteiger partial charge in [0.2, 0.25) is 0 Å². The van der Waals surface area contributed by atoms with Crippen molar-refractivity contribution in [2.75, 3.05) is 19.1 Å². The number of thioether (sulfide) groups is 1. The number of anilines is 1. The van der Waals surface area contributed by atoms with Crippen LogP contribution in [0.4, 0.5) is 5.69 Å². The second-order valence-corrected chi connectivity index (χ2v) is 10.9. The monoisotopic (exact) mass is 637 g/mol. The fraction of sp³-hybridized carbons (Fsp3) is 0.154. The first-order valence-corrected chi connectivity index (χ1v) is 13.2. The number of ether oxygens (including phenoxy) is 3. The average Bonchev–Trinajstić information content (AvgIpc) is 3.11. The van der Waals surface area contributed by atoms with Crippen molar-refractivity contribution in [3.63, 3.8) is 0 Å². The molecule has 0 N–H and O–H groups in total. The predicted molar refractivity (Wildman–Crippen MR) is 155 cm³/mol. The van der Waals surface area contributed by atoms with E-state index in [0.29, 0.717) is 43.8 Å². The van der Waals surface area contributed by atoms with Crippen molar-refractivity contribution in [2.24, 2.45) is 0 Å². The van der Waals surface area contributed by atoms with Gasteiger partial charge in [0.1, 0.15) is 12.4 Å². The Labute approximate surface area is 232 Å². The number of hydrogen-bond acceptors (Lipinski definition) is 6. The Morgan fingerprint density at radius 2 is 1.77 bits per heavy atom. The van der Waals surface area contributed by atoms with Gasteiger partial charge in [-0.05, 0) is 77.0 Å². The number of methoxy groups -OCH3 is 2. The van der Waals surface area contributed by atoms with E-state index in [0.717, 1.165) is 14.7 Å². The quantitative estimate of drug-likeness (QED) is 0.155. The van der Waals surface area contributed by atoms with Gasteiger partial charge in [0, 0.05) is 0 Å². The van der Waals surface area contributed by atoms with Gasteiger partial charge in [-0.3, -0.25) is 9.69 Å². The van der Waals surface area contributed by atoms with E-state index >= 15 is 0 Å². The molecule has 35 heavy (non-hydrogen) atoms. The number of thiocarbonyl (C=S) groups is 1. The summed E-state index contributed by atoms with van der Waals surface area (Å²) in [6.45, 7) is 2.48. The van der Waals surface area contributed by atoms with Gasteiger partial charge in [0.05, 0.1) is 33.4 Å². The van der Waals surface area contributed by atoms with E-state index in [1.54, 1.807) is 31.4 Å². The van der Waals surface area contributed by atoms with E-state index in [4.69, 9.17) is 38.0 Å². The van der Waals surface area contributed by atoms with Crippen LogP contribution in [0.25, 0.3) is 6.08 Å². The second kappa shape index (κ2) is 11.2. The van der Waals surface area contributed by atoms with Crippen LogP contribution in [0.15, 0.2) is 59.5 Å². The molecule has 1 aliphatic rings. The van der Waals surface area contributed by atoms with E-state index in [-0.39, 0.29) is 5.91 Å². The molecule has 1 heterocycles. The molecule has 1 aliphatic heterocycles. The first-order chi connectivity index (χ1) is 16.8. The molecular formula is C26H21ClINO4S2. The van der Waals surface area contributed by atoms with Crippen LogP contribution in [0.1, 0.15) is 16.7 Å². The Balaban J connectivity index is 1.57. The van der Waals surface area contributed by atoms with Gasteiger partial charge >= 0.3 is 0 Å². The van der Waals surface area contributed by atoms with Crippen molar-refractivity contribution in [3.8, 4) is 17.2 Å². The molecule has 0 radical (unpaired) electrons. The molecule has 0 atom stereocenters. The maximum Gasteiger partial charge on any atom is 0.270 e. The number of amides is 1. The number of aryl methyl sites for hydroxylation is 1. The molecule has 9 heteroatoms. The lowest BCUT2D eigenvalue weighted by Gasteiger charge is -2.16. The Bertz CT molecular complexity index is 1330. The Morgan fingerprint density at radius 3 is 2.43 bits per heavy atom. The third kappa shape index (κ3) is 5.77. The van der Waals surface area contributed by atoms with Gasteiger partial charge in [0.25, 0.3) is 5.91 Å². The minimum absolute atomic E-state index is 0.213. The first kappa shape index (κ1) is 25.8. The van der Waals surface area contributed by atoms with Crippen LogP contribution in [0, 0.1) is 10.5 Å². The summed E-state index contributed by atoms with van der Waals surface area (Å²) in [5, 5.41) is 0.406. The molecule has 0 bridgehead atoms. The van der Waals surface area contributed by atoms with Crippen molar-refractivity contribution in [3.05, 3.63) is 84.8 Å². The molecule has 4 rings (SSSR count). The maximum atomic E-state index is 13.2. The molecule has 0 spiro atoms. The van der Waals surface area contributed by atoms with E-state index in [2.05, 4.69) is 41.6 Å². The zero-order chi connectivity index (χ0) is 25.1. The topological polar surface area (TPSA) is 48.0 Å². The van der Waals surface area contributed by atoms with E-state index in [1.165, 1.54) is 29.3 Å². The Hall–Kier alpha value is -2.27. The zero-order valence-corrected chi connectivity index (χ0v) is 23.7. The van der Waals surface area contributed by atoms with E-state index in [1.807, 2.05) is 24.3 Å². The van der Waals surface area contributed by atoms with Crippen LogP contribution in [0.5, 0.6) is 17.2 Å². The number of carbonyl (C=O) groups is 1. The molecule has 1 saturated heterocycles. The lowest BCUT2D eigenvalue weighted by atomic mass is 10.1. The summed E-state index contributed by atoms with van der Waals surface area (Å²) in [6.07, 6.45) is 1.80. The molecule has 0 unspecified atom stereocenters. The first-order valence-electron chi connectivity index (χ1n) is 10.5. The molecule has 180 valence electrons. The minimum atomic E-state index is -0.213. The molecule has 1 fully saturated rings. The number of rotatable bonds is 7. The number of nitrogens with zero attached hydrogens (tertiary/aromatic N) is 1. The summed E-state index contributed by atoms with van der Waals surface area (Å²) in [5.74, 6) is 1.57. The largest absolute Gasteiger partial charge is 0.495 e. The summed E-state index contributed by atoms with van der Waals surface area (Å²) < 4.78 is 18.2. The highest BCUT2D eigenvalue weighted by molar-refractivity contribution is 14.1. The number of hydrogen-bond donors (Lipinski definition) is 0. The third-order valence-electron chi connectivity index (χ3n) is 5.24. The number of benzene rings is 3. The molecule has 0 aliphatic carbocycles. The molecular weight excluding hydrogens is 617 g/mol. The van der Waals surface area contributed by atoms with Crippen LogP contribution in [-0.4, -0.2) is 24.4 Å². The van der Waals surface area contributed by atoms with Crippen molar-refractivity contribution < 1.29 is 19.0 Å². The average molecular weight is 638 g/mol. The lowest BCUT2D eigenvalue weighted by Crippen LogP contribution is -2.27. The highest BCUT2D eigenvalue weighted by Crippen LogP contribution is 2.40. The van der Waals surface area contributed by atoms with Crippen LogP contribution in [-0.2, 0) is 11.4 Å². The van der Waals surface area contributed by atoms with Crippen molar-refractivity contribution in [1.29, 1.82) is 0 Å². The SMILES string of the molecule is COc1ccc(N2C(=O)/C(=C/c3cc(I)c(OCc4ccc(C)cc4)c(OC)c3)SC2=S)cc1Cl. The smallest absolute Gasteiger partial charge is 0.270 e. The number of halogens is 2. The minimum Gasteiger partial charge on any atom is -0.495 e. The summed E-state index contributed by atoms with van der Waals surface area (Å²) >= 11 is 15.2. The van der Waals surface area contributed by atoms with Crippen molar-refractivity contribution in [2.45, 2.75) is 13.5 Å². The normalized spacial score (nSPS) is 14.5. The summed E-state index contributed by atoms with van der Waals surface area (Å²) in [5.41, 5.74) is 3.67. The fourth-order valence-corrected chi connectivity index (χ4v) is 5.77. The van der Waals surface area contributed by atoms with Gasteiger partial charge in [-0.25, -0.2) is 0 Å². The molecule has 3 aromatic rings. The predicted octanol–water partition coefficient (Wildman–Crippen LogP) is 7.26. The standard InChI is InChI=1S/C26H21ClINO4S2/c1-15-4-6-16(7-5-15)14-33-24-20(28)10-17(11-22(24)32-3)12-23-25(30)29(26(34)35-23)18-8-9-21(31-2)19(27)13-18/h4-13H,14H2,1-3H3/b23-12-. The second-order valence-electron chi connectivity index (χ2n) is 7.64. The summed E-state index contributed by atoms with van der Waals surface area (Å²) in [6, 6.07) is 17.1. The van der Waals surface area contributed by atoms with Gasteiger partial charge in [-0.1, -0.05) is 65.4 Å². The van der Waals surface area contributed by atoms with Gasteiger partial charge in [-0.2, -0.15) is 0 Å². The zero-order valence-electron chi connectivity index (χ0n) is 19.1. The molecule has 3 aromatic carbocycles. The van der Waals surface area contributed by atoms with Gasteiger partial charge < -0.3 is 14.2 Å². The maximum absolute atomic E-state index is 13.2. The Kier molecular flexibility index (Phi) is 8.26. The highest BCUT2D eigenvalue weighted by atomic mass is 127. The van der Waals surface area contributed by atoms with Gasteiger partial charge in [-0.15, -0.1) is 0 Å². The summed E-state index contributed by atoms with van der Waals surface area (Å²) in [4.78, 5) is 15.2. The van der Waals surface area contributed by atoms with Crippen molar-refractivity contribution in [1.82, 2.24) is 0 Å². The Morgan fingerprint density at radius 1 is 1.06 bits per heavy atom. The van der Waals surface area contributed by atoms with Crippen LogP contribution in [0.2, 0.25) is 5.02 Å². The van der Waals surface area contributed by atoms with Crippen LogP contribution in [0.3, 0.4) is 0 Å². The number of carbonyl (C=O) groups excluding carboxylic acids is 1. The van der Waals surface area contributed by atoms with Crippen LogP contribution < -0.4 is 19.1 Å². The molecule has 0 aromatic heterocycles. The molecule has 5 nitrogen and oxygen atoms in total. The fourth-order valence-electron chi connectivity index (χ4n) is 3.44. The van der Waals surface area contributed by atoms with E-state index in [9.17, 15) is 4.79 Å². The van der Waals surface area contributed by atoms with Gasteiger partial charge in [0.15, 0.2) is 15.8 Å². The lowest BCUT2D eigenvalue weighted by molar-refractivity contribution is -0.113. The van der Waals surface area contributed by atoms with Crippen LogP contribution >= 0.6 is 58.2 Å². The molecule has 1 amide bonds. The highest BCUT2D eigenvalue weighted by Gasteiger charge is 2.33. The third-order valence-corrected chi connectivity index (χ3v) is 7.64. The summed E-state index contributed by atoms with van der Waals surface area (Å²) in [7, 11) is 3.14.